The molecule has 1 rings (SSSR count). The van der Waals surface area contributed by atoms with E-state index in [0.29, 0.717) is 16.1 Å². The van der Waals surface area contributed by atoms with Crippen molar-refractivity contribution in [1.29, 1.82) is 0 Å². The van der Waals surface area contributed by atoms with Crippen LogP contribution in [-0.4, -0.2) is 36.6 Å². The maximum absolute atomic E-state index is 12.9. The van der Waals surface area contributed by atoms with Gasteiger partial charge in [-0.1, -0.05) is 15.9 Å². The molecule has 0 aromatic heterocycles. The molecule has 0 atom stereocenters. The second kappa shape index (κ2) is 6.42. The van der Waals surface area contributed by atoms with Crippen LogP contribution >= 0.6 is 15.9 Å². The van der Waals surface area contributed by atoms with Crippen molar-refractivity contribution in [1.82, 2.24) is 5.43 Å². The van der Waals surface area contributed by atoms with Crippen molar-refractivity contribution in [3.05, 3.63) is 22.2 Å². The standard InChI is InChI=1S/C11H8BrF7N2O2/c1-23-7-3-6(12)2-5(8(7)22)4-20-21-11(18,19)9(13,14)10(15,16)17/h2-4,21-22H,1H3/b20-4+. The Hall–Kier alpha value is -1.72. The molecule has 1 aromatic carbocycles. The molecule has 0 aliphatic rings. The summed E-state index contributed by atoms with van der Waals surface area (Å²) in [5.74, 6) is -7.02. The highest BCUT2D eigenvalue weighted by Gasteiger charge is 2.73. The number of benzene rings is 1. The fourth-order valence-electron chi connectivity index (χ4n) is 1.28. The Bertz CT molecular complexity index is 605. The van der Waals surface area contributed by atoms with E-state index in [1.54, 1.807) is 0 Å². The third-order valence-electron chi connectivity index (χ3n) is 2.45. The van der Waals surface area contributed by atoms with E-state index in [1.807, 2.05) is 0 Å². The van der Waals surface area contributed by atoms with Gasteiger partial charge < -0.3 is 9.84 Å². The molecule has 0 aliphatic heterocycles. The molecule has 0 saturated heterocycles. The van der Waals surface area contributed by atoms with Gasteiger partial charge in [0.1, 0.15) is 0 Å². The van der Waals surface area contributed by atoms with E-state index in [-0.39, 0.29) is 11.3 Å². The molecule has 1 aromatic rings. The number of hydrogen-bond acceptors (Lipinski definition) is 4. The van der Waals surface area contributed by atoms with Gasteiger partial charge in [0.25, 0.3) is 0 Å². The number of phenols is 1. The first-order valence-corrected chi connectivity index (χ1v) is 6.32. The largest absolute Gasteiger partial charge is 0.504 e. The summed E-state index contributed by atoms with van der Waals surface area (Å²) in [6, 6.07) is -3.25. The Balaban J connectivity index is 3.02. The number of rotatable bonds is 5. The number of aromatic hydroxyl groups is 1. The average Bonchev–Trinajstić information content (AvgIpc) is 2.40. The molecule has 0 spiro atoms. The van der Waals surface area contributed by atoms with Crippen molar-refractivity contribution < 1.29 is 40.6 Å². The third kappa shape index (κ3) is 3.98. The molecule has 0 heterocycles. The van der Waals surface area contributed by atoms with Crippen LogP contribution in [-0.2, 0) is 0 Å². The molecule has 4 nitrogen and oxygen atoms in total. The molecule has 23 heavy (non-hydrogen) atoms. The molecular formula is C11H8BrF7N2O2. The topological polar surface area (TPSA) is 53.8 Å². The summed E-state index contributed by atoms with van der Waals surface area (Å²) in [4.78, 5) is 0. The van der Waals surface area contributed by atoms with Crippen LogP contribution in [0.5, 0.6) is 11.5 Å². The van der Waals surface area contributed by atoms with Gasteiger partial charge in [0.2, 0.25) is 0 Å². The molecule has 12 heteroatoms. The van der Waals surface area contributed by atoms with Crippen LogP contribution in [0.4, 0.5) is 30.7 Å². The average molecular weight is 413 g/mol. The minimum Gasteiger partial charge on any atom is -0.504 e. The van der Waals surface area contributed by atoms with Gasteiger partial charge in [-0.2, -0.15) is 35.8 Å². The lowest BCUT2D eigenvalue weighted by Crippen LogP contribution is -2.58. The quantitative estimate of drug-likeness (QED) is 0.334. The molecule has 0 unspecified atom stereocenters. The van der Waals surface area contributed by atoms with Crippen molar-refractivity contribution in [3.63, 3.8) is 0 Å². The number of alkyl halides is 7. The van der Waals surface area contributed by atoms with Crippen LogP contribution in [0.3, 0.4) is 0 Å². The van der Waals surface area contributed by atoms with E-state index < -0.39 is 23.9 Å². The van der Waals surface area contributed by atoms with Gasteiger partial charge >= 0.3 is 18.1 Å². The number of halogens is 8. The van der Waals surface area contributed by atoms with E-state index in [9.17, 15) is 35.8 Å². The van der Waals surface area contributed by atoms with Crippen molar-refractivity contribution >= 4 is 22.1 Å². The van der Waals surface area contributed by atoms with Crippen molar-refractivity contribution in [3.8, 4) is 11.5 Å². The Labute approximate surface area is 133 Å². The van der Waals surface area contributed by atoms with E-state index in [4.69, 9.17) is 4.74 Å². The van der Waals surface area contributed by atoms with Crippen molar-refractivity contribution in [2.45, 2.75) is 18.1 Å². The smallest absolute Gasteiger partial charge is 0.462 e. The van der Waals surface area contributed by atoms with Crippen LogP contribution in [0.25, 0.3) is 0 Å². The zero-order valence-electron chi connectivity index (χ0n) is 11.1. The molecule has 130 valence electrons. The Morgan fingerprint density at radius 1 is 1.17 bits per heavy atom. The lowest BCUT2D eigenvalue weighted by Gasteiger charge is -2.27. The Morgan fingerprint density at radius 2 is 1.74 bits per heavy atom. The van der Waals surface area contributed by atoms with E-state index in [1.165, 1.54) is 13.2 Å². The lowest BCUT2D eigenvalue weighted by atomic mass is 10.2. The van der Waals surface area contributed by atoms with E-state index >= 15 is 0 Å². The number of hydrogen-bond donors (Lipinski definition) is 2. The first-order chi connectivity index (χ1) is 10.3. The summed E-state index contributed by atoms with van der Waals surface area (Å²) in [7, 11) is 1.18. The number of nitrogens with zero attached hydrogens (tertiary/aromatic N) is 1. The van der Waals surface area contributed by atoms with Crippen LogP contribution in [0.1, 0.15) is 5.56 Å². The highest BCUT2D eigenvalue weighted by atomic mass is 79.9. The van der Waals surface area contributed by atoms with Gasteiger partial charge in [-0.05, 0) is 12.1 Å². The second-order valence-electron chi connectivity index (χ2n) is 4.06. The van der Waals surface area contributed by atoms with Gasteiger partial charge in [-0.3, -0.25) is 0 Å². The summed E-state index contributed by atoms with van der Waals surface area (Å²) in [6.07, 6.45) is -6.04. The second-order valence-corrected chi connectivity index (χ2v) is 4.98. The van der Waals surface area contributed by atoms with Crippen LogP contribution in [0.2, 0.25) is 0 Å². The normalized spacial score (nSPS) is 13.4. The van der Waals surface area contributed by atoms with Gasteiger partial charge in [-0.15, -0.1) is 0 Å². The number of hydrazone groups is 1. The summed E-state index contributed by atoms with van der Waals surface area (Å²) in [6.45, 7) is 0. The number of ether oxygens (including phenoxy) is 1. The molecule has 0 aliphatic carbocycles. The van der Waals surface area contributed by atoms with E-state index in [0.717, 1.165) is 6.07 Å². The maximum Gasteiger partial charge on any atom is 0.462 e. The first kappa shape index (κ1) is 19.3. The molecule has 0 bridgehead atoms. The fourth-order valence-corrected chi connectivity index (χ4v) is 1.73. The fraction of sp³-hybridized carbons (Fsp3) is 0.364. The summed E-state index contributed by atoms with van der Waals surface area (Å²) in [5, 5.41) is 12.3. The molecule has 0 radical (unpaired) electrons. The third-order valence-corrected chi connectivity index (χ3v) is 2.91. The maximum atomic E-state index is 12.9. The number of phenolic OH excluding ortho intramolecular Hbond substituents is 1. The zero-order valence-corrected chi connectivity index (χ0v) is 12.6. The molecule has 0 amide bonds. The molecule has 0 saturated carbocycles. The molecule has 0 fully saturated rings. The lowest BCUT2D eigenvalue weighted by molar-refractivity contribution is -0.361. The van der Waals surface area contributed by atoms with Gasteiger partial charge in [-0.25, -0.2) is 5.43 Å². The van der Waals surface area contributed by atoms with Crippen molar-refractivity contribution in [2.75, 3.05) is 7.11 Å². The van der Waals surface area contributed by atoms with Crippen molar-refractivity contribution in [2.24, 2.45) is 5.10 Å². The van der Waals surface area contributed by atoms with Crippen LogP contribution in [0.15, 0.2) is 21.7 Å². The summed E-state index contributed by atoms with van der Waals surface area (Å²) >= 11 is 2.99. The number of nitrogens with one attached hydrogen (secondary N) is 1. The number of methoxy groups -OCH3 is 1. The van der Waals surface area contributed by atoms with Gasteiger partial charge in [0.15, 0.2) is 11.5 Å². The highest BCUT2D eigenvalue weighted by Crippen LogP contribution is 2.45. The molecule has 2 N–H and O–H groups in total. The summed E-state index contributed by atoms with van der Waals surface area (Å²) in [5.41, 5.74) is 0.169. The zero-order chi connectivity index (χ0) is 18.1. The van der Waals surface area contributed by atoms with E-state index in [2.05, 4.69) is 21.0 Å². The SMILES string of the molecule is COc1cc(Br)cc(/C=N/NC(F)(F)C(F)(F)C(F)(F)F)c1O. The Morgan fingerprint density at radius 3 is 2.22 bits per heavy atom. The minimum atomic E-state index is -6.47. The predicted octanol–water partition coefficient (Wildman–Crippen LogP) is 3.88. The van der Waals surface area contributed by atoms with Crippen LogP contribution in [0, 0.1) is 0 Å². The minimum absolute atomic E-state index is 0.104. The van der Waals surface area contributed by atoms with Gasteiger partial charge in [0, 0.05) is 10.0 Å². The Kier molecular flexibility index (Phi) is 5.39. The first-order valence-electron chi connectivity index (χ1n) is 5.52. The summed E-state index contributed by atoms with van der Waals surface area (Å²) < 4.78 is 91.9. The van der Waals surface area contributed by atoms with Gasteiger partial charge in [0.05, 0.1) is 13.3 Å². The van der Waals surface area contributed by atoms with Crippen LogP contribution < -0.4 is 10.2 Å². The molecular weight excluding hydrogens is 405 g/mol. The monoisotopic (exact) mass is 412 g/mol. The highest BCUT2D eigenvalue weighted by molar-refractivity contribution is 9.10. The predicted molar refractivity (Wildman–Crippen MR) is 69.0 cm³/mol.